The van der Waals surface area contributed by atoms with Gasteiger partial charge in [-0.3, -0.25) is 9.10 Å². The van der Waals surface area contributed by atoms with Gasteiger partial charge in [-0.05, 0) is 49.8 Å². The number of hydrogen-bond acceptors (Lipinski definition) is 3. The summed E-state index contributed by atoms with van der Waals surface area (Å²) in [5.41, 5.74) is 4.85. The number of sulfonamides is 1. The maximum absolute atomic E-state index is 12.4. The number of carbonyl (C=O) groups is 1. The van der Waals surface area contributed by atoms with Crippen molar-refractivity contribution in [2.75, 3.05) is 23.7 Å². The van der Waals surface area contributed by atoms with Crippen LogP contribution in [0.15, 0.2) is 42.5 Å². The first-order chi connectivity index (χ1) is 13.6. The van der Waals surface area contributed by atoms with Crippen LogP contribution >= 0.6 is 0 Å². The Morgan fingerprint density at radius 3 is 2.21 bits per heavy atom. The highest BCUT2D eigenvalue weighted by atomic mass is 32.2. The number of benzene rings is 2. The Balaban J connectivity index is 1.95. The number of aryl methyl sites for hydroxylation is 3. The molecule has 1 N–H and O–H groups in total. The van der Waals surface area contributed by atoms with Gasteiger partial charge in [-0.15, -0.1) is 0 Å². The monoisotopic (exact) mass is 416 g/mol. The van der Waals surface area contributed by atoms with Crippen molar-refractivity contribution in [1.29, 1.82) is 0 Å². The normalized spacial score (nSPS) is 12.4. The van der Waals surface area contributed by atoms with Gasteiger partial charge in [0.25, 0.3) is 0 Å². The van der Waals surface area contributed by atoms with Crippen LogP contribution in [-0.4, -0.2) is 33.7 Å². The molecule has 2 aromatic carbocycles. The predicted octanol–water partition coefficient (Wildman–Crippen LogP) is 4.08. The lowest BCUT2D eigenvalue weighted by atomic mass is 10.0. The summed E-state index contributed by atoms with van der Waals surface area (Å²) in [6.45, 7) is 8.76. The molecule has 2 rings (SSSR count). The summed E-state index contributed by atoms with van der Waals surface area (Å²) in [7, 11) is -3.43. The van der Waals surface area contributed by atoms with Gasteiger partial charge in [0.1, 0.15) is 0 Å². The fraction of sp³-hybridized carbons (Fsp3) is 0.435. The maximum atomic E-state index is 12.4. The zero-order valence-electron chi connectivity index (χ0n) is 18.0. The van der Waals surface area contributed by atoms with Gasteiger partial charge >= 0.3 is 0 Å². The van der Waals surface area contributed by atoms with Crippen molar-refractivity contribution in [2.24, 2.45) is 0 Å². The van der Waals surface area contributed by atoms with Crippen LogP contribution in [0.5, 0.6) is 0 Å². The maximum Gasteiger partial charge on any atom is 0.232 e. The first kappa shape index (κ1) is 22.9. The molecule has 0 fully saturated rings. The van der Waals surface area contributed by atoms with Crippen molar-refractivity contribution < 1.29 is 13.2 Å². The van der Waals surface area contributed by atoms with E-state index in [-0.39, 0.29) is 24.8 Å². The Kier molecular flexibility index (Phi) is 7.85. The number of anilines is 1. The molecule has 29 heavy (non-hydrogen) atoms. The van der Waals surface area contributed by atoms with E-state index in [1.54, 1.807) is 0 Å². The second-order valence-electron chi connectivity index (χ2n) is 7.80. The van der Waals surface area contributed by atoms with Crippen LogP contribution < -0.4 is 9.62 Å². The van der Waals surface area contributed by atoms with Gasteiger partial charge in [0.05, 0.1) is 11.9 Å². The summed E-state index contributed by atoms with van der Waals surface area (Å²) in [6, 6.07) is 14.0. The number of nitrogens with zero attached hydrogens (tertiary/aromatic N) is 1. The lowest BCUT2D eigenvalue weighted by molar-refractivity contribution is -0.121. The Morgan fingerprint density at radius 1 is 1.07 bits per heavy atom. The minimum Gasteiger partial charge on any atom is -0.356 e. The van der Waals surface area contributed by atoms with Gasteiger partial charge in [-0.2, -0.15) is 0 Å². The Morgan fingerprint density at radius 2 is 1.66 bits per heavy atom. The van der Waals surface area contributed by atoms with Crippen molar-refractivity contribution in [3.8, 4) is 0 Å². The molecule has 6 heteroatoms. The number of nitrogens with one attached hydrogen (secondary N) is 1. The smallest absolute Gasteiger partial charge is 0.232 e. The molecule has 0 aliphatic rings. The van der Waals surface area contributed by atoms with Crippen molar-refractivity contribution in [3.05, 3.63) is 64.7 Å². The molecule has 0 aliphatic heterocycles. The Hall–Kier alpha value is -2.34. The number of hydrogen-bond donors (Lipinski definition) is 1. The quantitative estimate of drug-likeness (QED) is 0.670. The van der Waals surface area contributed by atoms with Crippen LogP contribution in [0.1, 0.15) is 47.9 Å². The molecule has 1 atom stereocenters. The minimum atomic E-state index is -3.43. The van der Waals surface area contributed by atoms with Crippen LogP contribution in [0, 0.1) is 20.8 Å². The third kappa shape index (κ3) is 6.60. The molecule has 0 aliphatic carbocycles. The molecule has 0 bridgehead atoms. The van der Waals surface area contributed by atoms with Gasteiger partial charge in [0.15, 0.2) is 0 Å². The number of rotatable bonds is 9. The first-order valence-corrected chi connectivity index (χ1v) is 11.8. The predicted molar refractivity (Wildman–Crippen MR) is 120 cm³/mol. The van der Waals surface area contributed by atoms with E-state index in [4.69, 9.17) is 0 Å². The molecule has 5 nitrogen and oxygen atoms in total. The van der Waals surface area contributed by atoms with E-state index in [1.165, 1.54) is 16.1 Å². The molecule has 0 saturated carbocycles. The highest BCUT2D eigenvalue weighted by molar-refractivity contribution is 7.92. The first-order valence-electron chi connectivity index (χ1n) is 9.96. The van der Waals surface area contributed by atoms with E-state index < -0.39 is 10.0 Å². The molecule has 0 radical (unpaired) electrons. The summed E-state index contributed by atoms with van der Waals surface area (Å²) in [4.78, 5) is 12.2. The van der Waals surface area contributed by atoms with E-state index >= 15 is 0 Å². The molecule has 0 aromatic heterocycles. The van der Waals surface area contributed by atoms with E-state index in [0.29, 0.717) is 13.0 Å². The fourth-order valence-electron chi connectivity index (χ4n) is 3.65. The summed E-state index contributed by atoms with van der Waals surface area (Å²) >= 11 is 0. The fourth-order valence-corrected chi connectivity index (χ4v) is 4.73. The average molecular weight is 417 g/mol. The molecule has 1 unspecified atom stereocenters. The number of amides is 1. The van der Waals surface area contributed by atoms with E-state index in [1.807, 2.05) is 63.2 Å². The molecule has 158 valence electrons. The van der Waals surface area contributed by atoms with Gasteiger partial charge < -0.3 is 5.32 Å². The highest BCUT2D eigenvalue weighted by Crippen LogP contribution is 2.28. The zero-order valence-corrected chi connectivity index (χ0v) is 18.8. The molecular formula is C23H32N2O3S. The SMILES string of the molecule is Cc1cc(C)c(N(CCCC(=O)NCC(C)c2ccccc2)S(C)(=O)=O)c(C)c1. The van der Waals surface area contributed by atoms with Gasteiger partial charge in [0, 0.05) is 19.5 Å². The second kappa shape index (κ2) is 9.92. The van der Waals surface area contributed by atoms with Gasteiger partial charge in [0.2, 0.25) is 15.9 Å². The van der Waals surface area contributed by atoms with Crippen molar-refractivity contribution >= 4 is 21.6 Å². The summed E-state index contributed by atoms with van der Waals surface area (Å²) in [5, 5.41) is 2.96. The highest BCUT2D eigenvalue weighted by Gasteiger charge is 2.21. The third-order valence-corrected chi connectivity index (χ3v) is 6.19. The third-order valence-electron chi connectivity index (χ3n) is 5.02. The van der Waals surface area contributed by atoms with Crippen LogP contribution in [0.4, 0.5) is 5.69 Å². The molecule has 0 saturated heterocycles. The van der Waals surface area contributed by atoms with Gasteiger partial charge in [-0.1, -0.05) is 55.0 Å². The molecule has 0 spiro atoms. The largest absolute Gasteiger partial charge is 0.356 e. The number of carbonyl (C=O) groups excluding carboxylic acids is 1. The summed E-state index contributed by atoms with van der Waals surface area (Å²) in [6.07, 6.45) is 1.97. The lowest BCUT2D eigenvalue weighted by Gasteiger charge is -2.26. The lowest BCUT2D eigenvalue weighted by Crippen LogP contribution is -2.33. The second-order valence-corrected chi connectivity index (χ2v) is 9.71. The van der Waals surface area contributed by atoms with E-state index in [9.17, 15) is 13.2 Å². The molecular weight excluding hydrogens is 384 g/mol. The van der Waals surface area contributed by atoms with Crippen molar-refractivity contribution in [2.45, 2.75) is 46.5 Å². The Bertz CT molecular complexity index is 917. The summed E-state index contributed by atoms with van der Waals surface area (Å²) in [5.74, 6) is 0.170. The van der Waals surface area contributed by atoms with Gasteiger partial charge in [-0.25, -0.2) is 8.42 Å². The van der Waals surface area contributed by atoms with Crippen LogP contribution in [-0.2, 0) is 14.8 Å². The topological polar surface area (TPSA) is 66.5 Å². The molecule has 0 heterocycles. The minimum absolute atomic E-state index is 0.0569. The van der Waals surface area contributed by atoms with Crippen LogP contribution in [0.25, 0.3) is 0 Å². The van der Waals surface area contributed by atoms with E-state index in [2.05, 4.69) is 12.2 Å². The average Bonchev–Trinajstić information content (AvgIpc) is 2.64. The standard InChI is InChI=1S/C23H32N2O3S/c1-17-14-18(2)23(19(3)15-17)25(29(5,27)28)13-9-12-22(26)24-16-20(4)21-10-7-6-8-11-21/h6-8,10-11,14-15,20H,9,12-13,16H2,1-5H3,(H,24,26). The molecule has 1 amide bonds. The summed E-state index contributed by atoms with van der Waals surface area (Å²) < 4.78 is 26.2. The van der Waals surface area contributed by atoms with E-state index in [0.717, 1.165) is 22.4 Å². The van der Waals surface area contributed by atoms with Crippen molar-refractivity contribution in [1.82, 2.24) is 5.32 Å². The Labute approximate surface area is 175 Å². The van der Waals surface area contributed by atoms with Crippen molar-refractivity contribution in [3.63, 3.8) is 0 Å². The van der Waals surface area contributed by atoms with Crippen LogP contribution in [0.3, 0.4) is 0 Å². The zero-order chi connectivity index (χ0) is 21.6. The molecule has 2 aromatic rings. The van der Waals surface area contributed by atoms with Crippen LogP contribution in [0.2, 0.25) is 0 Å².